The maximum atomic E-state index is 12.1. The lowest BCUT2D eigenvalue weighted by Gasteiger charge is -2.06. The molecule has 0 atom stereocenters. The molecule has 1 aromatic carbocycles. The van der Waals surface area contributed by atoms with Crippen LogP contribution in [0.15, 0.2) is 24.4 Å². The minimum absolute atomic E-state index is 0.0980. The predicted molar refractivity (Wildman–Crippen MR) is 74.0 cm³/mol. The highest BCUT2D eigenvalue weighted by Crippen LogP contribution is 2.24. The molecule has 20 heavy (non-hydrogen) atoms. The highest BCUT2D eigenvalue weighted by atomic mass is 35.5. The molecule has 2 rings (SSSR count). The number of H-pyrrole nitrogens is 1. The summed E-state index contributed by atoms with van der Waals surface area (Å²) < 4.78 is 0. The van der Waals surface area contributed by atoms with Crippen LogP contribution in [0.4, 0.5) is 11.5 Å². The van der Waals surface area contributed by atoms with Crippen molar-refractivity contribution in [1.29, 1.82) is 0 Å². The Hall–Kier alpha value is -2.41. The molecule has 7 nitrogen and oxygen atoms in total. The Kier molecular flexibility index (Phi) is 3.99. The van der Waals surface area contributed by atoms with E-state index < -0.39 is 10.8 Å². The maximum absolute atomic E-state index is 12.1. The quantitative estimate of drug-likeness (QED) is 0.668. The van der Waals surface area contributed by atoms with E-state index in [9.17, 15) is 14.9 Å². The molecule has 0 radical (unpaired) electrons. The molecule has 0 aliphatic heterocycles. The van der Waals surface area contributed by atoms with Crippen LogP contribution in [0, 0.1) is 10.1 Å². The van der Waals surface area contributed by atoms with E-state index >= 15 is 0 Å². The number of hydrogen-bond acceptors (Lipinski definition) is 4. The van der Waals surface area contributed by atoms with Crippen molar-refractivity contribution in [3.8, 4) is 0 Å². The molecule has 0 saturated carbocycles. The van der Waals surface area contributed by atoms with Gasteiger partial charge in [-0.1, -0.05) is 18.5 Å². The van der Waals surface area contributed by atoms with E-state index in [0.717, 1.165) is 5.56 Å². The monoisotopic (exact) mass is 294 g/mol. The van der Waals surface area contributed by atoms with Crippen molar-refractivity contribution in [2.75, 3.05) is 5.32 Å². The minimum atomic E-state index is -0.626. The minimum Gasteiger partial charge on any atom is -0.306 e. The van der Waals surface area contributed by atoms with Gasteiger partial charge in [0, 0.05) is 16.7 Å². The third-order valence-corrected chi connectivity index (χ3v) is 2.97. The summed E-state index contributed by atoms with van der Waals surface area (Å²) in [7, 11) is 0. The topological polar surface area (TPSA) is 101 Å². The molecule has 0 aliphatic carbocycles. The molecule has 0 bridgehead atoms. The second kappa shape index (κ2) is 5.70. The van der Waals surface area contributed by atoms with E-state index in [1.807, 2.05) is 6.92 Å². The standard InChI is InChI=1S/C12H11ClN4O3/c1-2-7-6-14-16-11(7)15-12(18)9-5-8(13)3-4-10(9)17(19)20/h3-6H,2H2,1H3,(H2,14,15,16,18). The fraction of sp³-hybridized carbons (Fsp3) is 0.167. The Balaban J connectivity index is 2.34. The molecular weight excluding hydrogens is 284 g/mol. The molecule has 1 heterocycles. The Morgan fingerprint density at radius 3 is 2.95 bits per heavy atom. The zero-order valence-electron chi connectivity index (χ0n) is 10.5. The van der Waals surface area contributed by atoms with Crippen molar-refractivity contribution in [2.24, 2.45) is 0 Å². The Labute approximate surface area is 119 Å². The number of carbonyl (C=O) groups is 1. The number of nitro benzene ring substituents is 1. The largest absolute Gasteiger partial charge is 0.306 e. The lowest BCUT2D eigenvalue weighted by molar-refractivity contribution is -0.385. The Morgan fingerprint density at radius 2 is 2.30 bits per heavy atom. The predicted octanol–water partition coefficient (Wildman–Crippen LogP) is 2.79. The van der Waals surface area contributed by atoms with Crippen molar-refractivity contribution in [3.63, 3.8) is 0 Å². The summed E-state index contributed by atoms with van der Waals surface area (Å²) in [6.45, 7) is 1.91. The second-order valence-electron chi connectivity index (χ2n) is 4.00. The third-order valence-electron chi connectivity index (χ3n) is 2.74. The summed E-state index contributed by atoms with van der Waals surface area (Å²) in [5.74, 6) is -0.190. The molecule has 104 valence electrons. The summed E-state index contributed by atoms with van der Waals surface area (Å²) in [5.41, 5.74) is 0.409. The molecule has 1 aromatic heterocycles. The molecule has 0 spiro atoms. The number of aromatic nitrogens is 2. The Morgan fingerprint density at radius 1 is 1.55 bits per heavy atom. The molecule has 1 amide bonds. The normalized spacial score (nSPS) is 10.3. The molecule has 2 aromatic rings. The first-order chi connectivity index (χ1) is 9.52. The number of amides is 1. The number of nitrogens with one attached hydrogen (secondary N) is 2. The summed E-state index contributed by atoms with van der Waals surface area (Å²) in [4.78, 5) is 22.4. The van der Waals surface area contributed by atoms with Gasteiger partial charge in [0.05, 0.1) is 11.1 Å². The van der Waals surface area contributed by atoms with Gasteiger partial charge in [0.1, 0.15) is 11.4 Å². The lowest BCUT2D eigenvalue weighted by atomic mass is 10.1. The van der Waals surface area contributed by atoms with Crippen LogP contribution in [0.2, 0.25) is 5.02 Å². The second-order valence-corrected chi connectivity index (χ2v) is 4.43. The number of nitrogens with zero attached hydrogens (tertiary/aromatic N) is 2. The van der Waals surface area contributed by atoms with Crippen LogP contribution >= 0.6 is 11.6 Å². The van der Waals surface area contributed by atoms with Gasteiger partial charge in [-0.2, -0.15) is 5.10 Å². The van der Waals surface area contributed by atoms with E-state index in [1.54, 1.807) is 6.20 Å². The van der Waals surface area contributed by atoms with Crippen LogP contribution in [0.25, 0.3) is 0 Å². The SMILES string of the molecule is CCc1cn[nH]c1NC(=O)c1cc(Cl)ccc1[N+](=O)[O-]. The number of carbonyl (C=O) groups excluding carboxylic acids is 1. The summed E-state index contributed by atoms with van der Waals surface area (Å²) in [6, 6.07) is 3.83. The van der Waals surface area contributed by atoms with Crippen molar-refractivity contribution in [2.45, 2.75) is 13.3 Å². The first-order valence-electron chi connectivity index (χ1n) is 5.80. The summed E-state index contributed by atoms with van der Waals surface area (Å²) >= 11 is 5.78. The fourth-order valence-electron chi connectivity index (χ4n) is 1.72. The molecular formula is C12H11ClN4O3. The molecule has 0 aliphatic rings. The van der Waals surface area contributed by atoms with Crippen molar-refractivity contribution in [1.82, 2.24) is 10.2 Å². The van der Waals surface area contributed by atoms with Gasteiger partial charge in [0.15, 0.2) is 0 Å². The van der Waals surface area contributed by atoms with Gasteiger partial charge in [-0.15, -0.1) is 0 Å². The first kappa shape index (κ1) is 14.0. The van der Waals surface area contributed by atoms with Crippen LogP contribution in [0.5, 0.6) is 0 Å². The number of aromatic amines is 1. The van der Waals surface area contributed by atoms with Crippen LogP contribution in [-0.2, 0) is 6.42 Å². The average Bonchev–Trinajstić information content (AvgIpc) is 2.85. The third kappa shape index (κ3) is 2.77. The maximum Gasteiger partial charge on any atom is 0.282 e. The number of rotatable bonds is 4. The molecule has 2 N–H and O–H groups in total. The zero-order chi connectivity index (χ0) is 14.7. The van der Waals surface area contributed by atoms with Gasteiger partial charge in [-0.3, -0.25) is 20.0 Å². The van der Waals surface area contributed by atoms with Crippen LogP contribution in [0.3, 0.4) is 0 Å². The molecule has 0 fully saturated rings. The highest BCUT2D eigenvalue weighted by molar-refractivity contribution is 6.31. The first-order valence-corrected chi connectivity index (χ1v) is 6.18. The smallest absolute Gasteiger partial charge is 0.282 e. The number of nitro groups is 1. The van der Waals surface area contributed by atoms with Gasteiger partial charge in [-0.25, -0.2) is 0 Å². The zero-order valence-corrected chi connectivity index (χ0v) is 11.3. The number of benzene rings is 1. The summed E-state index contributed by atoms with van der Waals surface area (Å²) in [5, 5.41) is 20.2. The van der Waals surface area contributed by atoms with Crippen LogP contribution in [-0.4, -0.2) is 21.0 Å². The van der Waals surface area contributed by atoms with Gasteiger partial charge in [0.2, 0.25) is 0 Å². The molecule has 0 saturated heterocycles. The highest BCUT2D eigenvalue weighted by Gasteiger charge is 2.21. The number of aryl methyl sites for hydroxylation is 1. The number of hydrogen-bond donors (Lipinski definition) is 2. The number of anilines is 1. The van der Waals surface area contributed by atoms with Crippen molar-refractivity contribution >= 4 is 29.0 Å². The van der Waals surface area contributed by atoms with Crippen molar-refractivity contribution < 1.29 is 9.72 Å². The fourth-order valence-corrected chi connectivity index (χ4v) is 1.89. The van der Waals surface area contributed by atoms with E-state index in [0.29, 0.717) is 12.2 Å². The van der Waals surface area contributed by atoms with E-state index in [4.69, 9.17) is 11.6 Å². The van der Waals surface area contributed by atoms with Gasteiger partial charge >= 0.3 is 0 Å². The van der Waals surface area contributed by atoms with Crippen molar-refractivity contribution in [3.05, 3.63) is 50.7 Å². The van der Waals surface area contributed by atoms with Crippen LogP contribution in [0.1, 0.15) is 22.8 Å². The van der Waals surface area contributed by atoms with Gasteiger partial charge < -0.3 is 5.32 Å². The van der Waals surface area contributed by atoms with E-state index in [-0.39, 0.29) is 16.3 Å². The van der Waals surface area contributed by atoms with E-state index in [2.05, 4.69) is 15.5 Å². The van der Waals surface area contributed by atoms with Crippen LogP contribution < -0.4 is 5.32 Å². The van der Waals surface area contributed by atoms with Gasteiger partial charge in [-0.05, 0) is 18.6 Å². The Bertz CT molecular complexity index is 668. The lowest BCUT2D eigenvalue weighted by Crippen LogP contribution is -2.15. The van der Waals surface area contributed by atoms with E-state index in [1.165, 1.54) is 18.2 Å². The summed E-state index contributed by atoms with van der Waals surface area (Å²) in [6.07, 6.45) is 2.26. The number of halogens is 1. The molecule has 8 heteroatoms. The average molecular weight is 295 g/mol. The molecule has 0 unspecified atom stereocenters. The van der Waals surface area contributed by atoms with Gasteiger partial charge in [0.25, 0.3) is 11.6 Å².